The zero-order chi connectivity index (χ0) is 13.3. The fourth-order valence-electron chi connectivity index (χ4n) is 1.77. The van der Waals surface area contributed by atoms with E-state index < -0.39 is 5.54 Å². The second-order valence-corrected chi connectivity index (χ2v) is 5.18. The predicted octanol–water partition coefficient (Wildman–Crippen LogP) is 0.290. The molecule has 0 unspecified atom stereocenters. The fourth-order valence-corrected chi connectivity index (χ4v) is 2.39. The maximum Gasteiger partial charge on any atom is 0.279 e. The molecule has 8 heteroatoms. The lowest BCUT2D eigenvalue weighted by Crippen LogP contribution is -2.48. The maximum atomic E-state index is 12.1. The second kappa shape index (κ2) is 4.47. The van der Waals surface area contributed by atoms with Crippen LogP contribution in [0.3, 0.4) is 0 Å². The van der Waals surface area contributed by atoms with Crippen LogP contribution in [0.15, 0.2) is 29.9 Å². The number of carbonyl (C=O) groups excluding carboxylic acids is 2. The molecule has 0 bridgehead atoms. The van der Waals surface area contributed by atoms with Crippen LogP contribution in [0.2, 0.25) is 0 Å². The van der Waals surface area contributed by atoms with Crippen molar-refractivity contribution in [3.63, 3.8) is 0 Å². The lowest BCUT2D eigenvalue weighted by molar-refractivity contribution is -0.127. The zero-order valence-electron chi connectivity index (χ0n) is 9.87. The van der Waals surface area contributed by atoms with Crippen molar-refractivity contribution in [2.24, 2.45) is 0 Å². The summed E-state index contributed by atoms with van der Waals surface area (Å²) in [5.74, 6) is -0.624. The van der Waals surface area contributed by atoms with E-state index in [4.69, 9.17) is 0 Å². The minimum absolute atomic E-state index is 0.298. The number of amides is 2. The highest BCUT2D eigenvalue weighted by molar-refractivity contribution is 7.12. The van der Waals surface area contributed by atoms with Crippen molar-refractivity contribution >= 4 is 23.2 Å². The lowest BCUT2D eigenvalue weighted by Gasteiger charge is -2.14. The van der Waals surface area contributed by atoms with Gasteiger partial charge in [0.1, 0.15) is 0 Å². The van der Waals surface area contributed by atoms with Crippen molar-refractivity contribution in [3.8, 4) is 0 Å². The molecule has 0 atom stereocenters. The average molecular weight is 277 g/mol. The Morgan fingerprint density at radius 3 is 2.58 bits per heavy atom. The lowest BCUT2D eigenvalue weighted by atomic mass is 10.3. The van der Waals surface area contributed by atoms with Crippen LogP contribution in [0.1, 0.15) is 22.5 Å². The van der Waals surface area contributed by atoms with E-state index in [1.807, 2.05) is 0 Å². The largest absolute Gasteiger partial charge is 0.279 e. The van der Waals surface area contributed by atoms with E-state index in [1.54, 1.807) is 17.5 Å². The molecule has 1 saturated carbocycles. The normalized spacial score (nSPS) is 15.8. The predicted molar refractivity (Wildman–Crippen MR) is 67.2 cm³/mol. The molecule has 98 valence electrons. The molecule has 2 aromatic heterocycles. The molecule has 2 aromatic rings. The van der Waals surface area contributed by atoms with Crippen molar-refractivity contribution in [1.29, 1.82) is 0 Å². The fraction of sp³-hybridized carbons (Fsp3) is 0.273. The van der Waals surface area contributed by atoms with Crippen molar-refractivity contribution in [2.75, 3.05) is 0 Å². The van der Waals surface area contributed by atoms with Crippen molar-refractivity contribution < 1.29 is 9.59 Å². The number of hydrazine groups is 1. The molecule has 0 saturated heterocycles. The van der Waals surface area contributed by atoms with E-state index in [-0.39, 0.29) is 11.8 Å². The van der Waals surface area contributed by atoms with Crippen molar-refractivity contribution in [2.45, 2.75) is 18.4 Å². The van der Waals surface area contributed by atoms with E-state index in [1.165, 1.54) is 28.5 Å². The van der Waals surface area contributed by atoms with E-state index in [0.29, 0.717) is 17.7 Å². The highest BCUT2D eigenvalue weighted by Crippen LogP contribution is 2.42. The Bertz CT molecular complexity index is 589. The topological polar surface area (TPSA) is 88.9 Å². The highest BCUT2D eigenvalue weighted by Gasteiger charge is 2.54. The van der Waals surface area contributed by atoms with E-state index in [9.17, 15) is 9.59 Å². The van der Waals surface area contributed by atoms with Crippen LogP contribution in [0.25, 0.3) is 0 Å². The first kappa shape index (κ1) is 11.8. The molecule has 2 N–H and O–H groups in total. The van der Waals surface area contributed by atoms with Gasteiger partial charge in [-0.25, -0.2) is 0 Å². The van der Waals surface area contributed by atoms with E-state index in [2.05, 4.69) is 21.0 Å². The maximum absolute atomic E-state index is 12.1. The van der Waals surface area contributed by atoms with Gasteiger partial charge in [-0.2, -0.15) is 15.0 Å². The van der Waals surface area contributed by atoms with Crippen LogP contribution < -0.4 is 10.9 Å². The van der Waals surface area contributed by atoms with Gasteiger partial charge in [0.15, 0.2) is 5.54 Å². The Morgan fingerprint density at radius 2 is 2.00 bits per heavy atom. The van der Waals surface area contributed by atoms with E-state index >= 15 is 0 Å². The van der Waals surface area contributed by atoms with Gasteiger partial charge in [0.2, 0.25) is 0 Å². The summed E-state index contributed by atoms with van der Waals surface area (Å²) in [5.41, 5.74) is 4.08. The minimum atomic E-state index is -0.744. The summed E-state index contributed by atoms with van der Waals surface area (Å²) >= 11 is 1.31. The van der Waals surface area contributed by atoms with Gasteiger partial charge in [-0.15, -0.1) is 11.3 Å². The molecule has 0 aromatic carbocycles. The van der Waals surface area contributed by atoms with Gasteiger partial charge in [-0.3, -0.25) is 20.4 Å². The van der Waals surface area contributed by atoms with Gasteiger partial charge in [0.25, 0.3) is 11.8 Å². The molecule has 1 aliphatic carbocycles. The molecule has 0 spiro atoms. The molecule has 3 rings (SSSR count). The zero-order valence-corrected chi connectivity index (χ0v) is 10.7. The Kier molecular flexibility index (Phi) is 2.79. The number of hydrogen-bond acceptors (Lipinski definition) is 5. The van der Waals surface area contributed by atoms with Gasteiger partial charge in [0, 0.05) is 0 Å². The molecular weight excluding hydrogens is 266 g/mol. The Labute approximate surface area is 112 Å². The molecule has 1 aliphatic rings. The highest BCUT2D eigenvalue weighted by atomic mass is 32.1. The Hall–Kier alpha value is -2.22. The molecule has 2 amide bonds. The molecular formula is C11H11N5O2S. The molecule has 0 aliphatic heterocycles. The summed E-state index contributed by atoms with van der Waals surface area (Å²) in [6.45, 7) is 0. The summed E-state index contributed by atoms with van der Waals surface area (Å²) < 4.78 is 0. The molecule has 2 heterocycles. The summed E-state index contributed by atoms with van der Waals surface area (Å²) in [6, 6.07) is 3.46. The number of hydrogen-bond donors (Lipinski definition) is 2. The summed E-state index contributed by atoms with van der Waals surface area (Å²) in [6.07, 6.45) is 4.39. The van der Waals surface area contributed by atoms with Crippen LogP contribution in [0.5, 0.6) is 0 Å². The summed E-state index contributed by atoms with van der Waals surface area (Å²) in [7, 11) is 0. The number of carbonyl (C=O) groups is 2. The van der Waals surface area contributed by atoms with Gasteiger partial charge >= 0.3 is 0 Å². The quantitative estimate of drug-likeness (QED) is 0.789. The number of thiophene rings is 1. The van der Waals surface area contributed by atoms with Crippen molar-refractivity contribution in [1.82, 2.24) is 25.8 Å². The number of nitrogens with one attached hydrogen (secondary N) is 2. The molecule has 19 heavy (non-hydrogen) atoms. The molecule has 1 fully saturated rings. The monoisotopic (exact) mass is 277 g/mol. The number of aromatic nitrogens is 3. The average Bonchev–Trinajstić information content (AvgIpc) is 2.90. The van der Waals surface area contributed by atoms with Crippen LogP contribution in [0, 0.1) is 0 Å². The van der Waals surface area contributed by atoms with Crippen LogP contribution >= 0.6 is 11.3 Å². The minimum Gasteiger partial charge on any atom is -0.270 e. The Balaban J connectivity index is 1.62. The molecule has 7 nitrogen and oxygen atoms in total. The third-order valence-corrected chi connectivity index (χ3v) is 3.85. The first-order valence-corrected chi connectivity index (χ1v) is 6.61. The van der Waals surface area contributed by atoms with Gasteiger partial charge in [0.05, 0.1) is 17.3 Å². The first-order valence-electron chi connectivity index (χ1n) is 5.73. The Morgan fingerprint density at radius 1 is 1.26 bits per heavy atom. The smallest absolute Gasteiger partial charge is 0.270 e. The molecule has 0 radical (unpaired) electrons. The summed E-state index contributed by atoms with van der Waals surface area (Å²) in [4.78, 5) is 25.7. The van der Waals surface area contributed by atoms with Gasteiger partial charge in [-0.05, 0) is 24.3 Å². The first-order chi connectivity index (χ1) is 9.22. The number of rotatable bonds is 3. The second-order valence-electron chi connectivity index (χ2n) is 4.24. The standard InChI is InChI=1S/C11H11N5O2S/c17-9(8-2-1-7-19-8)14-15-10(18)11(3-4-11)16-12-5-6-13-16/h1-2,5-7H,3-4H2,(H,14,17)(H,15,18). The van der Waals surface area contributed by atoms with Crippen molar-refractivity contribution in [3.05, 3.63) is 34.8 Å². The summed E-state index contributed by atoms with van der Waals surface area (Å²) in [5, 5.41) is 9.76. The third-order valence-electron chi connectivity index (χ3n) is 2.98. The van der Waals surface area contributed by atoms with E-state index in [0.717, 1.165) is 0 Å². The van der Waals surface area contributed by atoms with Gasteiger partial charge in [-0.1, -0.05) is 6.07 Å². The third kappa shape index (κ3) is 2.10. The SMILES string of the molecule is O=C(NNC(=O)C1(n2nccn2)CC1)c1cccs1. The van der Waals surface area contributed by atoms with Crippen LogP contribution in [-0.4, -0.2) is 26.8 Å². The van der Waals surface area contributed by atoms with Crippen LogP contribution in [0.4, 0.5) is 0 Å². The van der Waals surface area contributed by atoms with Crippen LogP contribution in [-0.2, 0) is 10.3 Å². The van der Waals surface area contributed by atoms with Gasteiger partial charge < -0.3 is 0 Å². The number of nitrogens with zero attached hydrogens (tertiary/aromatic N) is 3.